The summed E-state index contributed by atoms with van der Waals surface area (Å²) in [6.45, 7) is 0. The van der Waals surface area contributed by atoms with Crippen LogP contribution in [-0.2, 0) is 14.7 Å². The average molecular weight is 249 g/mol. The van der Waals surface area contributed by atoms with E-state index in [-0.39, 0.29) is 12.4 Å². The van der Waals surface area contributed by atoms with Crippen molar-refractivity contribution in [3.63, 3.8) is 0 Å². The Morgan fingerprint density at radius 1 is 1.07 bits per heavy atom. The smallest absolute Gasteiger partial charge is 0.217 e. The Morgan fingerprint density at radius 3 is 1.93 bits per heavy atom. The van der Waals surface area contributed by atoms with Crippen LogP contribution in [0.15, 0.2) is 30.3 Å². The Kier molecular flexibility index (Phi) is 5.74. The molecule has 0 aromatic heterocycles. The van der Waals surface area contributed by atoms with E-state index in [1.165, 1.54) is 0 Å². The summed E-state index contributed by atoms with van der Waals surface area (Å²) >= 11 is 5.98. The topological polar surface area (TPSA) is 58.2 Å². The predicted molar refractivity (Wildman–Crippen MR) is 59.6 cm³/mol. The van der Waals surface area contributed by atoms with E-state index in [1.807, 2.05) is 6.07 Å². The maximum Gasteiger partial charge on any atom is 0.217 e. The van der Waals surface area contributed by atoms with Gasteiger partial charge in [-0.25, -0.2) is 0 Å². The SMILES string of the molecule is Cl.O=CNC(Cl)(NC=O)c1ccccc1. The van der Waals surface area contributed by atoms with Crippen molar-refractivity contribution >= 4 is 36.8 Å². The van der Waals surface area contributed by atoms with Gasteiger partial charge in [0.15, 0.2) is 0 Å². The standard InChI is InChI=1S/C9H9ClN2O2.ClH/c10-9(11-6-13,12-7-14)8-4-2-1-3-5-8;/h1-7H,(H,11,13)(H,12,14);1H. The zero-order valence-electron chi connectivity index (χ0n) is 7.64. The lowest BCUT2D eigenvalue weighted by molar-refractivity contribution is -0.113. The van der Waals surface area contributed by atoms with Crippen molar-refractivity contribution in [1.82, 2.24) is 10.6 Å². The molecule has 0 bridgehead atoms. The van der Waals surface area contributed by atoms with Crippen LogP contribution in [0.5, 0.6) is 0 Å². The van der Waals surface area contributed by atoms with Gasteiger partial charge in [0.1, 0.15) is 0 Å². The highest BCUT2D eigenvalue weighted by Crippen LogP contribution is 2.21. The zero-order chi connectivity index (χ0) is 10.4. The molecule has 2 amide bonds. The second kappa shape index (κ2) is 6.27. The van der Waals surface area contributed by atoms with Crippen molar-refractivity contribution in [2.45, 2.75) is 5.12 Å². The summed E-state index contributed by atoms with van der Waals surface area (Å²) < 4.78 is 0. The third-order valence-electron chi connectivity index (χ3n) is 1.69. The van der Waals surface area contributed by atoms with E-state index in [0.29, 0.717) is 18.4 Å². The quantitative estimate of drug-likeness (QED) is 0.353. The lowest BCUT2D eigenvalue weighted by Gasteiger charge is -2.25. The van der Waals surface area contributed by atoms with Gasteiger partial charge in [-0.3, -0.25) is 9.59 Å². The summed E-state index contributed by atoms with van der Waals surface area (Å²) in [5, 5.41) is 3.27. The number of rotatable bonds is 5. The van der Waals surface area contributed by atoms with Crippen LogP contribution in [0.2, 0.25) is 0 Å². The molecule has 1 aromatic rings. The molecule has 2 N–H and O–H groups in total. The minimum absolute atomic E-state index is 0. The van der Waals surface area contributed by atoms with E-state index in [4.69, 9.17) is 11.6 Å². The van der Waals surface area contributed by atoms with Crippen LogP contribution < -0.4 is 10.6 Å². The lowest BCUT2D eigenvalue weighted by Crippen LogP contribution is -2.48. The van der Waals surface area contributed by atoms with Gasteiger partial charge in [-0.15, -0.1) is 12.4 Å². The molecule has 0 heterocycles. The molecule has 0 spiro atoms. The van der Waals surface area contributed by atoms with Gasteiger partial charge in [-0.05, 0) is 0 Å². The summed E-state index contributed by atoms with van der Waals surface area (Å²) in [7, 11) is 0. The minimum atomic E-state index is -1.37. The Morgan fingerprint density at radius 2 is 1.53 bits per heavy atom. The first kappa shape index (κ1) is 13.7. The molecule has 0 aliphatic heterocycles. The Hall–Kier alpha value is -1.26. The Balaban J connectivity index is 0.00000196. The first-order valence-corrected chi connectivity index (χ1v) is 4.28. The molecular formula is C9H10Cl2N2O2. The van der Waals surface area contributed by atoms with Crippen molar-refractivity contribution in [2.24, 2.45) is 0 Å². The van der Waals surface area contributed by atoms with Crippen LogP contribution in [0.25, 0.3) is 0 Å². The third-order valence-corrected chi connectivity index (χ3v) is 2.12. The molecule has 0 unspecified atom stereocenters. The average Bonchev–Trinajstić information content (AvgIpc) is 2.20. The molecule has 0 saturated carbocycles. The molecule has 0 aliphatic carbocycles. The summed E-state index contributed by atoms with van der Waals surface area (Å²) in [6.07, 6.45) is 0.854. The van der Waals surface area contributed by atoms with Crippen molar-refractivity contribution in [1.29, 1.82) is 0 Å². The number of hydrogen-bond donors (Lipinski definition) is 2. The van der Waals surface area contributed by atoms with Crippen LogP contribution in [0.4, 0.5) is 0 Å². The van der Waals surface area contributed by atoms with Crippen LogP contribution in [0, 0.1) is 0 Å². The summed E-state index contributed by atoms with van der Waals surface area (Å²) in [5.41, 5.74) is 0.584. The zero-order valence-corrected chi connectivity index (χ0v) is 9.22. The van der Waals surface area contributed by atoms with Gasteiger partial charge in [-0.2, -0.15) is 0 Å². The molecule has 0 radical (unpaired) electrons. The Labute approximate surface area is 98.4 Å². The van der Waals surface area contributed by atoms with Gasteiger partial charge in [0.2, 0.25) is 17.9 Å². The number of benzene rings is 1. The first-order valence-electron chi connectivity index (χ1n) is 3.90. The number of carbonyl (C=O) groups is 2. The summed E-state index contributed by atoms with van der Waals surface area (Å²) in [4.78, 5) is 20.6. The van der Waals surface area contributed by atoms with E-state index in [0.717, 1.165) is 0 Å². The maximum atomic E-state index is 10.3. The lowest BCUT2D eigenvalue weighted by atomic mass is 10.1. The van der Waals surface area contributed by atoms with Crippen molar-refractivity contribution < 1.29 is 9.59 Å². The van der Waals surface area contributed by atoms with Gasteiger partial charge in [0.25, 0.3) is 0 Å². The van der Waals surface area contributed by atoms with Crippen molar-refractivity contribution in [2.75, 3.05) is 0 Å². The van der Waals surface area contributed by atoms with Crippen LogP contribution in [0.3, 0.4) is 0 Å². The van der Waals surface area contributed by atoms with E-state index in [2.05, 4.69) is 10.6 Å². The van der Waals surface area contributed by atoms with Gasteiger partial charge in [0.05, 0.1) is 0 Å². The van der Waals surface area contributed by atoms with Gasteiger partial charge in [0, 0.05) is 5.56 Å². The first-order chi connectivity index (χ1) is 6.73. The molecule has 0 atom stereocenters. The van der Waals surface area contributed by atoms with E-state index < -0.39 is 5.12 Å². The summed E-state index contributed by atoms with van der Waals surface area (Å²) in [5.74, 6) is 0. The second-order valence-electron chi connectivity index (χ2n) is 2.55. The van der Waals surface area contributed by atoms with E-state index in [1.54, 1.807) is 24.3 Å². The monoisotopic (exact) mass is 248 g/mol. The highest BCUT2D eigenvalue weighted by atomic mass is 35.5. The molecule has 1 rings (SSSR count). The fourth-order valence-electron chi connectivity index (χ4n) is 1.04. The second-order valence-corrected chi connectivity index (χ2v) is 3.12. The molecule has 0 saturated heterocycles. The molecule has 82 valence electrons. The molecule has 6 heteroatoms. The van der Waals surface area contributed by atoms with Gasteiger partial charge < -0.3 is 10.6 Å². The number of amides is 2. The molecule has 1 aromatic carbocycles. The van der Waals surface area contributed by atoms with E-state index >= 15 is 0 Å². The fourth-order valence-corrected chi connectivity index (χ4v) is 1.25. The van der Waals surface area contributed by atoms with E-state index in [9.17, 15) is 9.59 Å². The molecule has 15 heavy (non-hydrogen) atoms. The maximum absolute atomic E-state index is 10.3. The number of carbonyl (C=O) groups excluding carboxylic acids is 2. The number of nitrogens with one attached hydrogen (secondary N) is 2. The molecule has 0 fully saturated rings. The molecule has 0 aliphatic rings. The Bertz CT molecular complexity index is 309. The largest absolute Gasteiger partial charge is 0.319 e. The molecular weight excluding hydrogens is 239 g/mol. The van der Waals surface area contributed by atoms with Crippen LogP contribution >= 0.6 is 24.0 Å². The number of hydrogen-bond acceptors (Lipinski definition) is 2. The van der Waals surface area contributed by atoms with Crippen molar-refractivity contribution in [3.8, 4) is 0 Å². The third kappa shape index (κ3) is 3.42. The highest BCUT2D eigenvalue weighted by molar-refractivity contribution is 6.24. The predicted octanol–water partition coefficient (Wildman–Crippen LogP) is 0.949. The normalized spacial score (nSPS) is 9.67. The fraction of sp³-hybridized carbons (Fsp3) is 0.111. The van der Waals surface area contributed by atoms with Crippen LogP contribution in [-0.4, -0.2) is 12.8 Å². The minimum Gasteiger partial charge on any atom is -0.319 e. The molecule has 4 nitrogen and oxygen atoms in total. The van der Waals surface area contributed by atoms with Crippen molar-refractivity contribution in [3.05, 3.63) is 35.9 Å². The summed E-state index contributed by atoms with van der Waals surface area (Å²) in [6, 6.07) is 8.71. The van der Waals surface area contributed by atoms with Crippen LogP contribution in [0.1, 0.15) is 5.56 Å². The number of alkyl halides is 1. The number of halogens is 2. The van der Waals surface area contributed by atoms with Gasteiger partial charge in [-0.1, -0.05) is 41.9 Å². The highest BCUT2D eigenvalue weighted by Gasteiger charge is 2.27. The van der Waals surface area contributed by atoms with Gasteiger partial charge >= 0.3 is 0 Å².